The van der Waals surface area contributed by atoms with Gasteiger partial charge >= 0.3 is 0 Å². The van der Waals surface area contributed by atoms with Crippen LogP contribution in [0.2, 0.25) is 0 Å². The molecule has 0 bridgehead atoms. The third-order valence-corrected chi connectivity index (χ3v) is 2.54. The van der Waals surface area contributed by atoms with Crippen LogP contribution in [0.15, 0.2) is 0 Å². The summed E-state index contributed by atoms with van der Waals surface area (Å²) in [6.45, 7) is 2.88. The van der Waals surface area contributed by atoms with E-state index in [0.29, 0.717) is 0 Å². The Bertz CT molecular complexity index is 164. The average molecular weight is 219 g/mol. The fourth-order valence-electron chi connectivity index (χ4n) is 0.326. The van der Waals surface area contributed by atoms with Crippen LogP contribution in [0, 0.1) is 0 Å². The van der Waals surface area contributed by atoms with Crippen molar-refractivity contribution in [3.63, 3.8) is 0 Å². The van der Waals surface area contributed by atoms with E-state index in [4.69, 9.17) is 34.8 Å². The van der Waals surface area contributed by atoms with Gasteiger partial charge in [0, 0.05) is 0 Å². The molecule has 0 atom stereocenters. The highest BCUT2D eigenvalue weighted by atomic mass is 35.6. The zero-order chi connectivity index (χ0) is 9.28. The summed E-state index contributed by atoms with van der Waals surface area (Å²) in [6.07, 6.45) is -1.47. The maximum absolute atomic E-state index is 10.1. The van der Waals surface area contributed by atoms with Crippen molar-refractivity contribution in [2.45, 2.75) is 23.2 Å². The van der Waals surface area contributed by atoms with Crippen LogP contribution in [0.1, 0.15) is 13.8 Å². The smallest absolute Gasteiger partial charge is 0.212 e. The number of nitrogens with one attached hydrogen (secondary N) is 1. The van der Waals surface area contributed by atoms with Crippen molar-refractivity contribution in [1.29, 1.82) is 0 Å². The molecule has 0 radical (unpaired) electrons. The molecule has 0 heterocycles. The summed E-state index contributed by atoms with van der Waals surface area (Å²) >= 11 is 16.3. The summed E-state index contributed by atoms with van der Waals surface area (Å²) in [6, 6.07) is 0. The number of carbonyl (C=O) groups is 1. The molecule has 0 spiro atoms. The molecule has 0 unspecified atom stereocenters. The lowest BCUT2D eigenvalue weighted by Crippen LogP contribution is -2.56. The van der Waals surface area contributed by atoms with Gasteiger partial charge in [-0.25, -0.2) is 0 Å². The van der Waals surface area contributed by atoms with Crippen LogP contribution >= 0.6 is 34.8 Å². The van der Waals surface area contributed by atoms with Crippen LogP contribution in [0.4, 0.5) is 4.79 Å². The molecule has 3 nitrogen and oxygen atoms in total. The molecule has 6 heteroatoms. The molecule has 0 saturated heterocycles. The summed E-state index contributed by atoms with van der Waals surface area (Å²) in [7, 11) is 0. The molecule has 0 rings (SSSR count). The molecular formula is C5H7Cl3NO2-. The average Bonchev–Trinajstić information content (AvgIpc) is 1.56. The number of amides is 1. The minimum absolute atomic E-state index is 1.16. The molecule has 0 aromatic heterocycles. The Morgan fingerprint density at radius 3 is 1.82 bits per heavy atom. The Hall–Kier alpha value is 0.140. The lowest BCUT2D eigenvalue weighted by Gasteiger charge is -2.34. The van der Waals surface area contributed by atoms with Crippen molar-refractivity contribution in [1.82, 2.24) is 5.32 Å². The van der Waals surface area contributed by atoms with Crippen LogP contribution in [0.3, 0.4) is 0 Å². The normalized spacial score (nSPS) is 12.8. The Kier molecular flexibility index (Phi) is 3.29. The summed E-state index contributed by atoms with van der Waals surface area (Å²) in [4.78, 5) is 10.1. The second kappa shape index (κ2) is 3.25. The third-order valence-electron chi connectivity index (χ3n) is 1.12. The number of carbonyl (C=O) groups excluding carboxylic acids is 1. The summed E-state index contributed by atoms with van der Waals surface area (Å²) in [5, 5.41) is 12.0. The van der Waals surface area contributed by atoms with Crippen molar-refractivity contribution < 1.29 is 9.90 Å². The van der Waals surface area contributed by atoms with Crippen LogP contribution in [0.5, 0.6) is 0 Å². The fourth-order valence-corrected chi connectivity index (χ4v) is 0.468. The molecule has 1 N–H and O–H groups in total. The van der Waals surface area contributed by atoms with Gasteiger partial charge in [0.25, 0.3) is 0 Å². The first-order chi connectivity index (χ1) is 4.67. The Morgan fingerprint density at radius 1 is 1.36 bits per heavy atom. The van der Waals surface area contributed by atoms with Gasteiger partial charge < -0.3 is 15.2 Å². The second-order valence-electron chi connectivity index (χ2n) is 2.54. The monoisotopic (exact) mass is 218 g/mol. The van der Waals surface area contributed by atoms with E-state index >= 15 is 0 Å². The molecule has 11 heavy (non-hydrogen) atoms. The minimum atomic E-state index is -1.69. The van der Waals surface area contributed by atoms with E-state index in [1.54, 1.807) is 0 Å². The van der Waals surface area contributed by atoms with Gasteiger partial charge in [0.15, 0.2) is 0 Å². The van der Waals surface area contributed by atoms with Gasteiger partial charge in [0.2, 0.25) is 3.79 Å². The number of alkyl halides is 3. The molecular weight excluding hydrogens is 212 g/mol. The molecule has 0 saturated carbocycles. The number of hydrogen-bond acceptors (Lipinski definition) is 2. The highest BCUT2D eigenvalue weighted by molar-refractivity contribution is 6.68. The fraction of sp³-hybridized carbons (Fsp3) is 0.800. The lowest BCUT2D eigenvalue weighted by atomic mass is 10.1. The van der Waals surface area contributed by atoms with E-state index in [1.807, 2.05) is 5.32 Å². The highest BCUT2D eigenvalue weighted by Crippen LogP contribution is 2.37. The molecule has 0 fully saturated rings. The van der Waals surface area contributed by atoms with Crippen molar-refractivity contribution in [2.24, 2.45) is 0 Å². The third kappa shape index (κ3) is 3.36. The molecule has 0 aromatic carbocycles. The summed E-state index contributed by atoms with van der Waals surface area (Å²) < 4.78 is -1.69. The van der Waals surface area contributed by atoms with Crippen molar-refractivity contribution in [2.75, 3.05) is 0 Å². The van der Waals surface area contributed by atoms with Crippen LogP contribution < -0.4 is 10.4 Å². The number of halogens is 3. The Balaban J connectivity index is 4.34. The molecule has 66 valence electrons. The van der Waals surface area contributed by atoms with E-state index in [1.165, 1.54) is 13.8 Å². The lowest BCUT2D eigenvalue weighted by molar-refractivity contribution is -0.252. The van der Waals surface area contributed by atoms with E-state index in [0.717, 1.165) is 0 Å². The van der Waals surface area contributed by atoms with Crippen molar-refractivity contribution in [3.8, 4) is 0 Å². The number of hydrogen-bond donors (Lipinski definition) is 1. The van der Waals surface area contributed by atoms with Gasteiger partial charge in [-0.2, -0.15) is 0 Å². The van der Waals surface area contributed by atoms with Crippen molar-refractivity contribution in [3.05, 3.63) is 0 Å². The number of rotatable bonds is 1. The van der Waals surface area contributed by atoms with Gasteiger partial charge in [-0.05, 0) is 13.8 Å². The second-order valence-corrected chi connectivity index (χ2v) is 4.82. The zero-order valence-corrected chi connectivity index (χ0v) is 8.22. The van der Waals surface area contributed by atoms with Gasteiger partial charge in [0.05, 0.1) is 5.54 Å². The van der Waals surface area contributed by atoms with Crippen molar-refractivity contribution >= 4 is 40.9 Å². The Morgan fingerprint density at radius 2 is 1.73 bits per heavy atom. The number of carboxylic acid groups (broad SMARTS) is 1. The Labute approximate surface area is 79.6 Å². The summed E-state index contributed by atoms with van der Waals surface area (Å²) in [5.74, 6) is 0. The van der Waals surface area contributed by atoms with Gasteiger partial charge in [-0.15, -0.1) is 0 Å². The minimum Gasteiger partial charge on any atom is -0.530 e. The largest absolute Gasteiger partial charge is 0.530 e. The molecule has 0 aliphatic rings. The maximum Gasteiger partial charge on any atom is 0.212 e. The van der Waals surface area contributed by atoms with E-state index < -0.39 is 15.4 Å². The standard InChI is InChI=1S/C5H8Cl3NO2/c1-4(2,5(6,7)8)9-3(10)11/h9H,1-2H3,(H,10,11)/p-1. The first-order valence-electron chi connectivity index (χ1n) is 2.73. The van der Waals surface area contributed by atoms with Gasteiger partial charge in [-0.3, -0.25) is 0 Å². The first kappa shape index (κ1) is 11.1. The SMILES string of the molecule is CC(C)(NC(=O)[O-])C(Cl)(Cl)Cl. The van der Waals surface area contributed by atoms with E-state index in [9.17, 15) is 9.90 Å². The predicted molar refractivity (Wildman–Crippen MR) is 42.9 cm³/mol. The van der Waals surface area contributed by atoms with Crippen LogP contribution in [-0.4, -0.2) is 15.4 Å². The highest BCUT2D eigenvalue weighted by Gasteiger charge is 2.40. The quantitative estimate of drug-likeness (QED) is 0.671. The zero-order valence-electron chi connectivity index (χ0n) is 5.95. The van der Waals surface area contributed by atoms with Crippen LogP contribution in [0.25, 0.3) is 0 Å². The van der Waals surface area contributed by atoms with Gasteiger partial charge in [0.1, 0.15) is 6.09 Å². The topological polar surface area (TPSA) is 52.2 Å². The van der Waals surface area contributed by atoms with Gasteiger partial charge in [-0.1, -0.05) is 34.8 Å². The maximum atomic E-state index is 10.1. The molecule has 0 aliphatic heterocycles. The van der Waals surface area contributed by atoms with E-state index in [-0.39, 0.29) is 0 Å². The first-order valence-corrected chi connectivity index (χ1v) is 3.86. The molecule has 1 amide bonds. The van der Waals surface area contributed by atoms with Crippen LogP contribution in [-0.2, 0) is 0 Å². The molecule has 0 aromatic rings. The van der Waals surface area contributed by atoms with E-state index in [2.05, 4.69) is 0 Å². The summed E-state index contributed by atoms with van der Waals surface area (Å²) in [5.41, 5.74) is -1.16. The molecule has 0 aliphatic carbocycles. The predicted octanol–water partition coefficient (Wildman–Crippen LogP) is 1.07.